The molecule has 2 rings (SSSR count). The number of aliphatic hydroxyl groups is 3. The van der Waals surface area contributed by atoms with Crippen molar-refractivity contribution in [1.82, 2.24) is 0 Å². The van der Waals surface area contributed by atoms with Crippen LogP contribution in [0.4, 0.5) is 0 Å². The van der Waals surface area contributed by atoms with Crippen LogP contribution in [-0.4, -0.2) is 59.1 Å². The summed E-state index contributed by atoms with van der Waals surface area (Å²) in [6.07, 6.45) is -1.75. The van der Waals surface area contributed by atoms with Gasteiger partial charge in [0.05, 0.1) is 19.8 Å². The Morgan fingerprint density at radius 1 is 1.42 bits per heavy atom. The molecule has 0 aromatic carbocycles. The zero-order chi connectivity index (χ0) is 8.77. The van der Waals surface area contributed by atoms with Crippen molar-refractivity contribution in [2.75, 3.05) is 19.8 Å². The molecule has 5 heteroatoms. The van der Waals surface area contributed by atoms with Crippen LogP contribution in [0, 0.1) is 0 Å². The normalized spacial score (nSPS) is 52.8. The van der Waals surface area contributed by atoms with Crippen LogP contribution in [0.1, 0.15) is 0 Å². The molecule has 0 spiro atoms. The van der Waals surface area contributed by atoms with E-state index in [2.05, 4.69) is 0 Å². The molecule has 0 aliphatic carbocycles. The zero-order valence-corrected chi connectivity index (χ0v) is 6.51. The van der Waals surface area contributed by atoms with Gasteiger partial charge in [-0.3, -0.25) is 0 Å². The third kappa shape index (κ3) is 0.982. The van der Waals surface area contributed by atoms with Gasteiger partial charge < -0.3 is 24.8 Å². The molecule has 3 N–H and O–H groups in total. The van der Waals surface area contributed by atoms with Gasteiger partial charge in [0.1, 0.15) is 23.9 Å². The summed E-state index contributed by atoms with van der Waals surface area (Å²) in [7, 11) is 0. The monoisotopic (exact) mass is 176 g/mol. The van der Waals surface area contributed by atoms with Crippen LogP contribution < -0.4 is 0 Å². The molecule has 0 radical (unpaired) electrons. The summed E-state index contributed by atoms with van der Waals surface area (Å²) in [5, 5.41) is 27.8. The maximum Gasteiger partial charge on any atom is 0.139 e. The fourth-order valence-corrected chi connectivity index (χ4v) is 1.71. The van der Waals surface area contributed by atoms with E-state index in [9.17, 15) is 10.2 Å². The molecule has 2 aliphatic rings. The average Bonchev–Trinajstić information content (AvgIpc) is 2.57. The summed E-state index contributed by atoms with van der Waals surface area (Å²) >= 11 is 0. The molecular formula is C7H12O5. The minimum Gasteiger partial charge on any atom is -0.393 e. The molecular weight excluding hydrogens is 164 g/mol. The predicted octanol–water partition coefficient (Wildman–Crippen LogP) is -2.13. The molecule has 2 aliphatic heterocycles. The van der Waals surface area contributed by atoms with Gasteiger partial charge in [-0.05, 0) is 0 Å². The topological polar surface area (TPSA) is 79.2 Å². The lowest BCUT2D eigenvalue weighted by molar-refractivity contribution is -0.0961. The minimum atomic E-state index is -1.33. The highest BCUT2D eigenvalue weighted by Crippen LogP contribution is 2.33. The Morgan fingerprint density at radius 3 is 2.83 bits per heavy atom. The summed E-state index contributed by atoms with van der Waals surface area (Å²) in [4.78, 5) is 0. The first kappa shape index (κ1) is 8.40. The summed E-state index contributed by atoms with van der Waals surface area (Å²) in [6.45, 7) is -0.214. The number of rotatable bonds is 1. The van der Waals surface area contributed by atoms with Crippen LogP contribution in [0.15, 0.2) is 0 Å². The molecule has 0 saturated carbocycles. The van der Waals surface area contributed by atoms with Crippen LogP contribution in [-0.2, 0) is 9.47 Å². The Balaban J connectivity index is 2.15. The molecule has 0 aromatic heterocycles. The standard InChI is InChI=1S/C7H12O5/c8-2-7(10)3-12-5-4(9)1-11-6(5)7/h4-6,8-10H,1-3H2/t4-,5-,6+,7-/m1/s1. The van der Waals surface area contributed by atoms with Gasteiger partial charge in [-0.2, -0.15) is 0 Å². The van der Waals surface area contributed by atoms with Crippen LogP contribution in [0.25, 0.3) is 0 Å². The lowest BCUT2D eigenvalue weighted by Crippen LogP contribution is -2.46. The number of aliphatic hydroxyl groups excluding tert-OH is 2. The second-order valence-corrected chi connectivity index (χ2v) is 3.36. The number of hydrogen-bond donors (Lipinski definition) is 3. The molecule has 4 atom stereocenters. The molecule has 0 bridgehead atoms. The van der Waals surface area contributed by atoms with Gasteiger partial charge in [-0.1, -0.05) is 0 Å². The summed E-state index contributed by atoms with van der Waals surface area (Å²) in [6, 6.07) is 0. The third-order valence-corrected chi connectivity index (χ3v) is 2.45. The lowest BCUT2D eigenvalue weighted by atomic mass is 9.97. The maximum atomic E-state index is 9.68. The molecule has 2 fully saturated rings. The highest BCUT2D eigenvalue weighted by molar-refractivity contribution is 5.03. The van der Waals surface area contributed by atoms with Crippen molar-refractivity contribution in [3.63, 3.8) is 0 Å². The van der Waals surface area contributed by atoms with Gasteiger partial charge in [0, 0.05) is 0 Å². The minimum absolute atomic E-state index is 0.0237. The Hall–Kier alpha value is -0.200. The zero-order valence-electron chi connectivity index (χ0n) is 6.51. The van der Waals surface area contributed by atoms with Gasteiger partial charge in [0.15, 0.2) is 0 Å². The van der Waals surface area contributed by atoms with Crippen molar-refractivity contribution >= 4 is 0 Å². The molecule has 0 unspecified atom stereocenters. The van der Waals surface area contributed by atoms with E-state index in [0.717, 1.165) is 0 Å². The van der Waals surface area contributed by atoms with Gasteiger partial charge in [0.2, 0.25) is 0 Å². The smallest absolute Gasteiger partial charge is 0.139 e. The Bertz CT molecular complexity index is 185. The van der Waals surface area contributed by atoms with Crippen molar-refractivity contribution < 1.29 is 24.8 Å². The van der Waals surface area contributed by atoms with Crippen molar-refractivity contribution in [2.45, 2.75) is 23.9 Å². The molecule has 70 valence electrons. The second kappa shape index (κ2) is 2.65. The predicted molar refractivity (Wildman–Crippen MR) is 37.5 cm³/mol. The van der Waals surface area contributed by atoms with E-state index in [0.29, 0.717) is 0 Å². The van der Waals surface area contributed by atoms with Gasteiger partial charge in [-0.25, -0.2) is 0 Å². The summed E-state index contributed by atoms with van der Waals surface area (Å²) in [5.41, 5.74) is -1.33. The van der Waals surface area contributed by atoms with Gasteiger partial charge >= 0.3 is 0 Å². The van der Waals surface area contributed by atoms with E-state index < -0.39 is 30.5 Å². The highest BCUT2D eigenvalue weighted by Gasteiger charge is 2.55. The molecule has 2 heterocycles. The van der Waals surface area contributed by atoms with E-state index >= 15 is 0 Å². The number of hydrogen-bond acceptors (Lipinski definition) is 5. The van der Waals surface area contributed by atoms with Crippen LogP contribution >= 0.6 is 0 Å². The molecule has 5 nitrogen and oxygen atoms in total. The first-order valence-corrected chi connectivity index (χ1v) is 3.92. The maximum absolute atomic E-state index is 9.68. The molecule has 12 heavy (non-hydrogen) atoms. The Kier molecular flexibility index (Phi) is 1.85. The first-order chi connectivity index (χ1) is 5.67. The number of ether oxygens (including phenoxy) is 2. The average molecular weight is 176 g/mol. The fraction of sp³-hybridized carbons (Fsp3) is 1.00. The van der Waals surface area contributed by atoms with Crippen LogP contribution in [0.2, 0.25) is 0 Å². The second-order valence-electron chi connectivity index (χ2n) is 3.36. The van der Waals surface area contributed by atoms with Crippen molar-refractivity contribution in [3.8, 4) is 0 Å². The van der Waals surface area contributed by atoms with E-state index in [-0.39, 0.29) is 13.2 Å². The Labute approximate surface area is 69.5 Å². The lowest BCUT2D eigenvalue weighted by Gasteiger charge is -2.23. The van der Waals surface area contributed by atoms with Crippen molar-refractivity contribution in [1.29, 1.82) is 0 Å². The first-order valence-electron chi connectivity index (χ1n) is 3.92. The van der Waals surface area contributed by atoms with E-state index in [4.69, 9.17) is 14.6 Å². The third-order valence-electron chi connectivity index (χ3n) is 2.45. The SMILES string of the molecule is OC[C@@]1(O)CO[C@@H]2[C@H](O)CO[C@@H]21. The van der Waals surface area contributed by atoms with Gasteiger partial charge in [-0.15, -0.1) is 0 Å². The molecule has 2 saturated heterocycles. The highest BCUT2D eigenvalue weighted by atomic mass is 16.6. The quantitative estimate of drug-likeness (QED) is 0.425. The molecule has 0 amide bonds. The fourth-order valence-electron chi connectivity index (χ4n) is 1.71. The molecule has 0 aromatic rings. The van der Waals surface area contributed by atoms with Crippen molar-refractivity contribution in [2.24, 2.45) is 0 Å². The van der Waals surface area contributed by atoms with Crippen LogP contribution in [0.3, 0.4) is 0 Å². The van der Waals surface area contributed by atoms with E-state index in [1.54, 1.807) is 0 Å². The van der Waals surface area contributed by atoms with Crippen molar-refractivity contribution in [3.05, 3.63) is 0 Å². The Morgan fingerprint density at radius 2 is 2.17 bits per heavy atom. The van der Waals surface area contributed by atoms with E-state index in [1.807, 2.05) is 0 Å². The largest absolute Gasteiger partial charge is 0.393 e. The van der Waals surface area contributed by atoms with E-state index in [1.165, 1.54) is 0 Å². The van der Waals surface area contributed by atoms with Gasteiger partial charge in [0.25, 0.3) is 0 Å². The number of fused-ring (bicyclic) bond motifs is 1. The summed E-state index contributed by atoms with van der Waals surface area (Å²) < 4.78 is 10.2. The summed E-state index contributed by atoms with van der Waals surface area (Å²) in [5.74, 6) is 0. The van der Waals surface area contributed by atoms with Crippen LogP contribution in [0.5, 0.6) is 0 Å².